The summed E-state index contributed by atoms with van der Waals surface area (Å²) in [6.07, 6.45) is 2.15. The second-order valence-corrected chi connectivity index (χ2v) is 7.76. The first kappa shape index (κ1) is 20.2. The van der Waals surface area contributed by atoms with E-state index in [0.717, 1.165) is 18.5 Å². The minimum atomic E-state index is -0.475. The van der Waals surface area contributed by atoms with Crippen molar-refractivity contribution in [3.05, 3.63) is 29.8 Å². The molecule has 1 aliphatic carbocycles. The van der Waals surface area contributed by atoms with E-state index < -0.39 is 5.60 Å². The van der Waals surface area contributed by atoms with Crippen molar-refractivity contribution in [2.75, 3.05) is 11.9 Å². The van der Waals surface area contributed by atoms with Gasteiger partial charge in [0.05, 0.1) is 18.1 Å². The highest BCUT2D eigenvalue weighted by atomic mass is 16.6. The number of anilines is 1. The van der Waals surface area contributed by atoms with Gasteiger partial charge in [-0.05, 0) is 71.2 Å². The Morgan fingerprint density at radius 3 is 2.38 bits per heavy atom. The van der Waals surface area contributed by atoms with Crippen molar-refractivity contribution < 1.29 is 19.1 Å². The van der Waals surface area contributed by atoms with Gasteiger partial charge in [0.2, 0.25) is 0 Å². The Morgan fingerprint density at radius 1 is 1.19 bits per heavy atom. The van der Waals surface area contributed by atoms with Crippen molar-refractivity contribution in [3.8, 4) is 0 Å². The first-order chi connectivity index (χ1) is 12.2. The average molecular weight is 362 g/mol. The third kappa shape index (κ3) is 5.73. The average Bonchev–Trinajstić information content (AvgIpc) is 2.56. The molecule has 1 fully saturated rings. The number of nitrogens with one attached hydrogen (secondary N) is 1. The van der Waals surface area contributed by atoms with Crippen LogP contribution in [-0.2, 0) is 14.3 Å². The van der Waals surface area contributed by atoms with Crippen molar-refractivity contribution in [2.24, 2.45) is 11.7 Å². The quantitative estimate of drug-likeness (QED) is 0.782. The standard InChI is InChI=1S/C20H30N2O4/c1-5-25-18(23)13-6-9-15(10-7-13)22-17-11-8-14(12-16(17)21)19(24)26-20(2,3)4/h6-7,9-10,14,16-17,22H,5,8,11-12,21H2,1-4H3. The van der Waals surface area contributed by atoms with Gasteiger partial charge in [-0.15, -0.1) is 0 Å². The zero-order chi connectivity index (χ0) is 19.3. The molecule has 1 aromatic rings. The molecule has 6 heteroatoms. The Labute approximate surface area is 155 Å². The molecular weight excluding hydrogens is 332 g/mol. The Bertz CT molecular complexity index is 622. The highest BCUT2D eigenvalue weighted by Gasteiger charge is 2.34. The van der Waals surface area contributed by atoms with Crippen LogP contribution in [-0.4, -0.2) is 36.2 Å². The number of benzene rings is 1. The van der Waals surface area contributed by atoms with E-state index in [1.54, 1.807) is 19.1 Å². The van der Waals surface area contributed by atoms with Gasteiger partial charge in [0, 0.05) is 17.8 Å². The fraction of sp³-hybridized carbons (Fsp3) is 0.600. The van der Waals surface area contributed by atoms with E-state index in [9.17, 15) is 9.59 Å². The maximum atomic E-state index is 12.2. The van der Waals surface area contributed by atoms with Gasteiger partial charge in [-0.2, -0.15) is 0 Å². The lowest BCUT2D eigenvalue weighted by molar-refractivity contribution is -0.161. The molecule has 1 saturated carbocycles. The van der Waals surface area contributed by atoms with Crippen LogP contribution in [0.15, 0.2) is 24.3 Å². The molecule has 3 unspecified atom stereocenters. The molecule has 144 valence electrons. The Morgan fingerprint density at radius 2 is 1.85 bits per heavy atom. The maximum absolute atomic E-state index is 12.2. The minimum absolute atomic E-state index is 0.0853. The Hall–Kier alpha value is -2.08. The van der Waals surface area contributed by atoms with Gasteiger partial charge >= 0.3 is 11.9 Å². The zero-order valence-corrected chi connectivity index (χ0v) is 16.1. The molecule has 0 heterocycles. The van der Waals surface area contributed by atoms with Crippen LogP contribution < -0.4 is 11.1 Å². The summed E-state index contributed by atoms with van der Waals surface area (Å²) < 4.78 is 10.5. The number of rotatable bonds is 5. The largest absolute Gasteiger partial charge is 0.462 e. The summed E-state index contributed by atoms with van der Waals surface area (Å²) in [5.74, 6) is -0.632. The smallest absolute Gasteiger partial charge is 0.338 e. The van der Waals surface area contributed by atoms with Crippen LogP contribution in [0.4, 0.5) is 5.69 Å². The van der Waals surface area contributed by atoms with Gasteiger partial charge in [-0.1, -0.05) is 0 Å². The SMILES string of the molecule is CCOC(=O)c1ccc(NC2CCC(C(=O)OC(C)(C)C)CC2N)cc1. The third-order valence-corrected chi connectivity index (χ3v) is 4.39. The summed E-state index contributed by atoms with van der Waals surface area (Å²) >= 11 is 0. The van der Waals surface area contributed by atoms with Gasteiger partial charge in [-0.25, -0.2) is 4.79 Å². The van der Waals surface area contributed by atoms with E-state index in [-0.39, 0.29) is 29.9 Å². The van der Waals surface area contributed by atoms with Crippen LogP contribution >= 0.6 is 0 Å². The second kappa shape index (κ2) is 8.54. The highest BCUT2D eigenvalue weighted by molar-refractivity contribution is 5.89. The van der Waals surface area contributed by atoms with Gasteiger partial charge in [0.15, 0.2) is 0 Å². The first-order valence-electron chi connectivity index (χ1n) is 9.21. The molecule has 3 atom stereocenters. The van der Waals surface area contributed by atoms with Crippen LogP contribution in [0, 0.1) is 5.92 Å². The van der Waals surface area contributed by atoms with Crippen LogP contribution in [0.1, 0.15) is 57.3 Å². The fourth-order valence-electron chi connectivity index (χ4n) is 3.11. The fourth-order valence-corrected chi connectivity index (χ4v) is 3.11. The van der Waals surface area contributed by atoms with Crippen molar-refractivity contribution >= 4 is 17.6 Å². The third-order valence-electron chi connectivity index (χ3n) is 4.39. The number of ether oxygens (including phenoxy) is 2. The number of carbonyl (C=O) groups is 2. The molecule has 0 aromatic heterocycles. The van der Waals surface area contributed by atoms with Gasteiger partial charge in [-0.3, -0.25) is 4.79 Å². The molecule has 1 aliphatic rings. The molecule has 6 nitrogen and oxygen atoms in total. The molecule has 0 spiro atoms. The summed E-state index contributed by atoms with van der Waals surface area (Å²) in [5.41, 5.74) is 7.24. The molecule has 0 radical (unpaired) electrons. The molecule has 0 saturated heterocycles. The van der Waals surface area contributed by atoms with Crippen molar-refractivity contribution in [3.63, 3.8) is 0 Å². The van der Waals surface area contributed by atoms with E-state index in [2.05, 4.69) is 5.32 Å². The summed E-state index contributed by atoms with van der Waals surface area (Å²) in [7, 11) is 0. The summed E-state index contributed by atoms with van der Waals surface area (Å²) in [4.78, 5) is 23.9. The van der Waals surface area contributed by atoms with Crippen LogP contribution in [0.5, 0.6) is 0 Å². The van der Waals surface area contributed by atoms with Gasteiger partial charge < -0.3 is 20.5 Å². The Balaban J connectivity index is 1.90. The van der Waals surface area contributed by atoms with E-state index >= 15 is 0 Å². The number of hydrogen-bond donors (Lipinski definition) is 2. The predicted molar refractivity (Wildman–Crippen MR) is 101 cm³/mol. The molecule has 0 amide bonds. The van der Waals surface area contributed by atoms with E-state index in [1.807, 2.05) is 32.9 Å². The first-order valence-corrected chi connectivity index (χ1v) is 9.21. The van der Waals surface area contributed by atoms with E-state index in [0.29, 0.717) is 18.6 Å². The summed E-state index contributed by atoms with van der Waals surface area (Å²) in [6.45, 7) is 7.76. The van der Waals surface area contributed by atoms with Gasteiger partial charge in [0.25, 0.3) is 0 Å². The van der Waals surface area contributed by atoms with E-state index in [4.69, 9.17) is 15.2 Å². The Kier molecular flexibility index (Phi) is 6.64. The minimum Gasteiger partial charge on any atom is -0.462 e. The topological polar surface area (TPSA) is 90.6 Å². The van der Waals surface area contributed by atoms with E-state index in [1.165, 1.54) is 0 Å². The van der Waals surface area contributed by atoms with Crippen molar-refractivity contribution in [2.45, 2.75) is 64.6 Å². The van der Waals surface area contributed by atoms with Crippen molar-refractivity contribution in [1.29, 1.82) is 0 Å². The number of hydrogen-bond acceptors (Lipinski definition) is 6. The second-order valence-electron chi connectivity index (χ2n) is 7.76. The van der Waals surface area contributed by atoms with Crippen LogP contribution in [0.25, 0.3) is 0 Å². The molecule has 2 rings (SSSR count). The summed E-state index contributed by atoms with van der Waals surface area (Å²) in [6, 6.07) is 7.11. The number of carbonyl (C=O) groups excluding carboxylic acids is 2. The maximum Gasteiger partial charge on any atom is 0.338 e. The predicted octanol–water partition coefficient (Wildman–Crippen LogP) is 3.11. The lowest BCUT2D eigenvalue weighted by Gasteiger charge is -2.35. The molecule has 3 N–H and O–H groups in total. The summed E-state index contributed by atoms with van der Waals surface area (Å²) in [5, 5.41) is 3.41. The zero-order valence-electron chi connectivity index (χ0n) is 16.1. The lowest BCUT2D eigenvalue weighted by atomic mass is 9.82. The molecular formula is C20H30N2O4. The lowest BCUT2D eigenvalue weighted by Crippen LogP contribution is -2.47. The number of esters is 2. The van der Waals surface area contributed by atoms with Gasteiger partial charge in [0.1, 0.15) is 5.60 Å². The molecule has 0 bridgehead atoms. The van der Waals surface area contributed by atoms with Crippen LogP contribution in [0.3, 0.4) is 0 Å². The monoisotopic (exact) mass is 362 g/mol. The normalized spacial score (nSPS) is 23.2. The molecule has 0 aliphatic heterocycles. The van der Waals surface area contributed by atoms with Crippen molar-refractivity contribution in [1.82, 2.24) is 0 Å². The van der Waals surface area contributed by atoms with Crippen LogP contribution in [0.2, 0.25) is 0 Å². The highest BCUT2D eigenvalue weighted by Crippen LogP contribution is 2.28. The molecule has 26 heavy (non-hydrogen) atoms. The number of nitrogens with two attached hydrogens (primary N) is 1. The molecule has 1 aromatic carbocycles.